The van der Waals surface area contributed by atoms with Crippen LogP contribution in [0.4, 0.5) is 5.95 Å². The molecular weight excluding hydrogens is 456 g/mol. The lowest BCUT2D eigenvalue weighted by Gasteiger charge is -2.31. The van der Waals surface area contributed by atoms with Crippen molar-refractivity contribution in [3.05, 3.63) is 81.0 Å². The molecule has 1 saturated heterocycles. The van der Waals surface area contributed by atoms with Crippen LogP contribution in [0.2, 0.25) is 0 Å². The van der Waals surface area contributed by atoms with Gasteiger partial charge in [0.25, 0.3) is 5.56 Å². The Bertz CT molecular complexity index is 1400. The summed E-state index contributed by atoms with van der Waals surface area (Å²) in [6.07, 6.45) is 2.48. The molecule has 1 aliphatic heterocycles. The van der Waals surface area contributed by atoms with Gasteiger partial charge < -0.3 is 10.2 Å². The van der Waals surface area contributed by atoms with Crippen LogP contribution < -0.4 is 15.8 Å². The van der Waals surface area contributed by atoms with E-state index >= 15 is 0 Å². The number of aromatic amines is 1. The van der Waals surface area contributed by atoms with E-state index in [4.69, 9.17) is 4.98 Å². The number of nitrogens with one attached hydrogen (secondary N) is 2. The first-order valence-corrected chi connectivity index (χ1v) is 13.1. The monoisotopic (exact) mass is 486 g/mol. The van der Waals surface area contributed by atoms with Gasteiger partial charge in [-0.3, -0.25) is 14.6 Å². The standard InChI is InChI=1S/C28H30N4O2S/c1-3-19-7-9-20(10-8-19)16-29-26(33)21-11-13-32(14-12-21)28-30-24-23(17-35-25(24)27(34)31-28)22-6-4-5-18(2)15-22/h4-10,15,17,21H,3,11-14,16H2,1-2H3,(H,29,33)(H,30,31,34). The predicted molar refractivity (Wildman–Crippen MR) is 143 cm³/mol. The zero-order chi connectivity index (χ0) is 24.4. The lowest BCUT2D eigenvalue weighted by atomic mass is 9.96. The molecule has 180 valence electrons. The number of aryl methyl sites for hydroxylation is 2. The summed E-state index contributed by atoms with van der Waals surface area (Å²) in [7, 11) is 0. The summed E-state index contributed by atoms with van der Waals surface area (Å²) < 4.78 is 0.645. The molecule has 1 aliphatic rings. The summed E-state index contributed by atoms with van der Waals surface area (Å²) in [5, 5.41) is 5.10. The number of rotatable bonds is 6. The number of hydrogen-bond acceptors (Lipinski definition) is 5. The van der Waals surface area contributed by atoms with Gasteiger partial charge in [0.1, 0.15) is 4.70 Å². The van der Waals surface area contributed by atoms with E-state index in [-0.39, 0.29) is 17.4 Å². The Morgan fingerprint density at radius 1 is 1.14 bits per heavy atom. The molecule has 4 aromatic rings. The largest absolute Gasteiger partial charge is 0.352 e. The number of piperidine rings is 1. The van der Waals surface area contributed by atoms with Crippen LogP contribution in [-0.4, -0.2) is 29.0 Å². The molecule has 7 heteroatoms. The Balaban J connectivity index is 1.26. The van der Waals surface area contributed by atoms with Crippen molar-refractivity contribution in [2.45, 2.75) is 39.7 Å². The summed E-state index contributed by atoms with van der Waals surface area (Å²) in [5.41, 5.74) is 6.28. The maximum atomic E-state index is 12.8. The summed E-state index contributed by atoms with van der Waals surface area (Å²) in [4.78, 5) is 35.5. The van der Waals surface area contributed by atoms with E-state index in [0.717, 1.165) is 41.5 Å². The molecule has 2 N–H and O–H groups in total. The van der Waals surface area contributed by atoms with Gasteiger partial charge >= 0.3 is 0 Å². The van der Waals surface area contributed by atoms with Crippen LogP contribution in [-0.2, 0) is 17.8 Å². The molecule has 1 fully saturated rings. The SMILES string of the molecule is CCc1ccc(CNC(=O)C2CCN(c3nc4c(-c5cccc(C)c5)csc4c(=O)[nH]3)CC2)cc1. The molecule has 35 heavy (non-hydrogen) atoms. The number of fused-ring (bicyclic) bond motifs is 1. The topological polar surface area (TPSA) is 78.1 Å². The van der Waals surface area contributed by atoms with E-state index in [1.165, 1.54) is 22.5 Å². The first-order valence-electron chi connectivity index (χ1n) is 12.2. The van der Waals surface area contributed by atoms with Crippen LogP contribution in [0.3, 0.4) is 0 Å². The molecule has 1 amide bonds. The summed E-state index contributed by atoms with van der Waals surface area (Å²) in [5.74, 6) is 0.658. The second-order valence-electron chi connectivity index (χ2n) is 9.24. The molecule has 6 nitrogen and oxygen atoms in total. The first-order chi connectivity index (χ1) is 17.0. The van der Waals surface area contributed by atoms with Crippen molar-refractivity contribution in [1.82, 2.24) is 15.3 Å². The molecule has 0 bridgehead atoms. The quantitative estimate of drug-likeness (QED) is 0.400. The molecule has 3 heterocycles. The van der Waals surface area contributed by atoms with Gasteiger partial charge in [0.2, 0.25) is 11.9 Å². The minimum absolute atomic E-state index is 0.0272. The fourth-order valence-corrected chi connectivity index (χ4v) is 5.57. The number of carbonyl (C=O) groups is 1. The normalized spacial score (nSPS) is 14.4. The van der Waals surface area contributed by atoms with Crippen LogP contribution in [0.5, 0.6) is 0 Å². The van der Waals surface area contributed by atoms with E-state index in [2.05, 4.69) is 71.5 Å². The third-order valence-corrected chi connectivity index (χ3v) is 7.77. The van der Waals surface area contributed by atoms with Gasteiger partial charge in [-0.05, 0) is 42.9 Å². The Hall–Kier alpha value is -3.45. The van der Waals surface area contributed by atoms with Gasteiger partial charge in [-0.2, -0.15) is 0 Å². The minimum Gasteiger partial charge on any atom is -0.352 e. The number of benzene rings is 2. The predicted octanol–water partition coefficient (Wildman–Crippen LogP) is 5.06. The highest BCUT2D eigenvalue weighted by Gasteiger charge is 2.26. The number of hydrogen-bond donors (Lipinski definition) is 2. The Labute approximate surface area is 209 Å². The van der Waals surface area contributed by atoms with Gasteiger partial charge in [-0.25, -0.2) is 4.98 Å². The Morgan fingerprint density at radius 3 is 2.60 bits per heavy atom. The molecule has 0 saturated carbocycles. The third-order valence-electron chi connectivity index (χ3n) is 6.81. The number of H-pyrrole nitrogens is 1. The van der Waals surface area contributed by atoms with Crippen molar-refractivity contribution in [2.24, 2.45) is 5.92 Å². The van der Waals surface area contributed by atoms with Crippen molar-refractivity contribution in [3.8, 4) is 11.1 Å². The maximum absolute atomic E-state index is 12.8. The number of aromatic nitrogens is 2. The molecular formula is C28H30N4O2S. The van der Waals surface area contributed by atoms with Crippen molar-refractivity contribution >= 4 is 33.4 Å². The van der Waals surface area contributed by atoms with E-state index in [9.17, 15) is 9.59 Å². The van der Waals surface area contributed by atoms with Gasteiger partial charge in [0.05, 0.1) is 5.52 Å². The summed E-state index contributed by atoms with van der Waals surface area (Å²) in [6, 6.07) is 16.6. The lowest BCUT2D eigenvalue weighted by molar-refractivity contribution is -0.125. The second-order valence-corrected chi connectivity index (χ2v) is 10.1. The molecule has 0 radical (unpaired) electrons. The molecule has 2 aromatic carbocycles. The second kappa shape index (κ2) is 10.0. The van der Waals surface area contributed by atoms with Crippen molar-refractivity contribution < 1.29 is 4.79 Å². The Kier molecular flexibility index (Phi) is 6.68. The highest BCUT2D eigenvalue weighted by Crippen LogP contribution is 2.32. The van der Waals surface area contributed by atoms with Crippen LogP contribution in [0.25, 0.3) is 21.3 Å². The summed E-state index contributed by atoms with van der Waals surface area (Å²) >= 11 is 1.43. The maximum Gasteiger partial charge on any atom is 0.270 e. The van der Waals surface area contributed by atoms with E-state index in [0.29, 0.717) is 30.3 Å². The molecule has 2 aromatic heterocycles. The van der Waals surface area contributed by atoms with Gasteiger partial charge in [-0.1, -0.05) is 61.0 Å². The zero-order valence-electron chi connectivity index (χ0n) is 20.1. The number of carbonyl (C=O) groups excluding carboxylic acids is 1. The van der Waals surface area contributed by atoms with Gasteiger partial charge in [-0.15, -0.1) is 11.3 Å². The highest BCUT2D eigenvalue weighted by atomic mass is 32.1. The fourth-order valence-electron chi connectivity index (χ4n) is 4.66. The van der Waals surface area contributed by atoms with Crippen molar-refractivity contribution in [3.63, 3.8) is 0 Å². The van der Waals surface area contributed by atoms with E-state index < -0.39 is 0 Å². The summed E-state index contributed by atoms with van der Waals surface area (Å²) in [6.45, 7) is 6.11. The van der Waals surface area contributed by atoms with E-state index in [1.54, 1.807) is 0 Å². The number of anilines is 1. The smallest absolute Gasteiger partial charge is 0.270 e. The molecule has 5 rings (SSSR count). The van der Waals surface area contributed by atoms with Gasteiger partial charge in [0.15, 0.2) is 0 Å². The third kappa shape index (κ3) is 5.00. The Morgan fingerprint density at radius 2 is 1.89 bits per heavy atom. The van der Waals surface area contributed by atoms with E-state index in [1.807, 2.05) is 11.4 Å². The molecule has 0 atom stereocenters. The average Bonchev–Trinajstić information content (AvgIpc) is 3.32. The first kappa shape index (κ1) is 23.3. The van der Waals surface area contributed by atoms with Crippen LogP contribution in [0, 0.1) is 12.8 Å². The number of nitrogens with zero attached hydrogens (tertiary/aromatic N) is 2. The molecule has 0 unspecified atom stereocenters. The fraction of sp³-hybridized carbons (Fsp3) is 0.321. The van der Waals surface area contributed by atoms with Crippen molar-refractivity contribution in [2.75, 3.05) is 18.0 Å². The van der Waals surface area contributed by atoms with Crippen LogP contribution >= 0.6 is 11.3 Å². The van der Waals surface area contributed by atoms with Crippen molar-refractivity contribution in [1.29, 1.82) is 0 Å². The molecule has 0 aliphatic carbocycles. The minimum atomic E-state index is -0.108. The number of amides is 1. The van der Waals surface area contributed by atoms with Crippen LogP contribution in [0.1, 0.15) is 36.5 Å². The highest BCUT2D eigenvalue weighted by molar-refractivity contribution is 7.17. The lowest BCUT2D eigenvalue weighted by Crippen LogP contribution is -2.41. The van der Waals surface area contributed by atoms with Crippen LogP contribution in [0.15, 0.2) is 58.7 Å². The zero-order valence-corrected chi connectivity index (χ0v) is 21.0. The molecule has 0 spiro atoms. The van der Waals surface area contributed by atoms with Gasteiger partial charge in [0, 0.05) is 36.5 Å². The number of thiophene rings is 1. The average molecular weight is 487 g/mol.